The highest BCUT2D eigenvalue weighted by atomic mass is 32.2. The van der Waals surface area contributed by atoms with Crippen molar-refractivity contribution < 1.29 is 14.3 Å². The monoisotopic (exact) mass is 478 g/mol. The van der Waals surface area contributed by atoms with Crippen LogP contribution in [0.15, 0.2) is 47.6 Å². The quantitative estimate of drug-likeness (QED) is 0.404. The number of benzene rings is 2. The van der Waals surface area contributed by atoms with Crippen LogP contribution in [0.2, 0.25) is 0 Å². The summed E-state index contributed by atoms with van der Waals surface area (Å²) in [5.41, 5.74) is 3.33. The number of aromatic amines is 1. The number of anilines is 1. The molecule has 2 aromatic carbocycles. The largest absolute Gasteiger partial charge is 0.495 e. The molecule has 0 atom stereocenters. The Hall–Kier alpha value is -3.53. The molecule has 1 amide bonds. The van der Waals surface area contributed by atoms with Gasteiger partial charge in [0.1, 0.15) is 17.0 Å². The third-order valence-corrected chi connectivity index (χ3v) is 6.68. The van der Waals surface area contributed by atoms with Crippen molar-refractivity contribution in [2.75, 3.05) is 50.5 Å². The fourth-order valence-corrected chi connectivity index (χ4v) is 4.85. The molecular weight excluding hydrogens is 452 g/mol. The highest BCUT2D eigenvalue weighted by molar-refractivity contribution is 7.99. The van der Waals surface area contributed by atoms with E-state index < -0.39 is 0 Å². The van der Waals surface area contributed by atoms with Gasteiger partial charge in [-0.3, -0.25) is 4.79 Å². The molecule has 0 saturated carbocycles. The van der Waals surface area contributed by atoms with Crippen molar-refractivity contribution in [1.82, 2.24) is 25.1 Å². The number of hydrogen-bond donors (Lipinski definition) is 1. The van der Waals surface area contributed by atoms with E-state index in [1.807, 2.05) is 54.3 Å². The first kappa shape index (κ1) is 22.3. The van der Waals surface area contributed by atoms with Gasteiger partial charge in [0.05, 0.1) is 25.2 Å². The lowest BCUT2D eigenvalue weighted by molar-refractivity contribution is -0.128. The molecule has 5 rings (SSSR count). The number of hydrogen-bond acceptors (Lipinski definition) is 8. The van der Waals surface area contributed by atoms with Gasteiger partial charge in [0, 0.05) is 37.1 Å². The number of carbonyl (C=O) groups excluding carboxylic acids is 1. The maximum absolute atomic E-state index is 12.8. The molecule has 0 unspecified atom stereocenters. The van der Waals surface area contributed by atoms with Gasteiger partial charge in [-0.15, -0.1) is 10.2 Å². The summed E-state index contributed by atoms with van der Waals surface area (Å²) in [7, 11) is 1.68. The number of carbonyl (C=O) groups is 1. The topological polar surface area (TPSA) is 96.5 Å². The Kier molecular flexibility index (Phi) is 6.39. The van der Waals surface area contributed by atoms with Gasteiger partial charge in [-0.25, -0.2) is 4.98 Å². The first-order valence-electron chi connectivity index (χ1n) is 11.2. The number of piperazine rings is 1. The van der Waals surface area contributed by atoms with Gasteiger partial charge >= 0.3 is 0 Å². The summed E-state index contributed by atoms with van der Waals surface area (Å²) >= 11 is 1.31. The Morgan fingerprint density at radius 1 is 1.12 bits per heavy atom. The second-order valence-electron chi connectivity index (χ2n) is 7.89. The molecule has 1 aliphatic rings. The average Bonchev–Trinajstić information content (AvgIpc) is 3.24. The zero-order valence-corrected chi connectivity index (χ0v) is 20.0. The van der Waals surface area contributed by atoms with Crippen LogP contribution in [-0.2, 0) is 4.79 Å². The first-order valence-corrected chi connectivity index (χ1v) is 12.2. The van der Waals surface area contributed by atoms with E-state index in [2.05, 4.69) is 25.1 Å². The predicted molar refractivity (Wildman–Crippen MR) is 133 cm³/mol. The highest BCUT2D eigenvalue weighted by Gasteiger charge is 2.23. The van der Waals surface area contributed by atoms with Crippen LogP contribution in [0.3, 0.4) is 0 Å². The van der Waals surface area contributed by atoms with Crippen LogP contribution in [0, 0.1) is 0 Å². The molecule has 4 aromatic rings. The predicted octanol–water partition coefficient (Wildman–Crippen LogP) is 3.35. The smallest absolute Gasteiger partial charge is 0.233 e. The zero-order chi connectivity index (χ0) is 23.5. The zero-order valence-electron chi connectivity index (χ0n) is 19.2. The van der Waals surface area contributed by atoms with E-state index in [0.29, 0.717) is 36.0 Å². The van der Waals surface area contributed by atoms with Crippen molar-refractivity contribution in [3.8, 4) is 11.5 Å². The number of methoxy groups -OCH3 is 1. The van der Waals surface area contributed by atoms with Gasteiger partial charge in [0.25, 0.3) is 0 Å². The third kappa shape index (κ3) is 4.45. The molecule has 1 N–H and O–H groups in total. The van der Waals surface area contributed by atoms with Crippen LogP contribution in [0.4, 0.5) is 5.69 Å². The average molecular weight is 479 g/mol. The van der Waals surface area contributed by atoms with Crippen molar-refractivity contribution >= 4 is 45.4 Å². The van der Waals surface area contributed by atoms with E-state index in [1.165, 1.54) is 11.8 Å². The van der Waals surface area contributed by atoms with Crippen LogP contribution in [0.25, 0.3) is 22.1 Å². The summed E-state index contributed by atoms with van der Waals surface area (Å²) < 4.78 is 11.1. The molecule has 0 spiro atoms. The number of thioether (sulfide) groups is 1. The van der Waals surface area contributed by atoms with Gasteiger partial charge in [-0.1, -0.05) is 23.9 Å². The maximum atomic E-state index is 12.8. The number of H-pyrrole nitrogens is 1. The summed E-state index contributed by atoms with van der Waals surface area (Å²) in [6, 6.07) is 13.8. The van der Waals surface area contributed by atoms with Gasteiger partial charge < -0.3 is 24.3 Å². The molecule has 0 aliphatic carbocycles. The van der Waals surface area contributed by atoms with Gasteiger partial charge in [-0.2, -0.15) is 0 Å². The molecule has 1 saturated heterocycles. The molecule has 176 valence electrons. The van der Waals surface area contributed by atoms with Crippen LogP contribution >= 0.6 is 11.8 Å². The normalized spacial score (nSPS) is 14.1. The number of fused-ring (bicyclic) bond motifs is 3. The molecule has 9 nitrogen and oxygen atoms in total. The van der Waals surface area contributed by atoms with Crippen molar-refractivity contribution in [2.45, 2.75) is 12.1 Å². The first-order chi connectivity index (χ1) is 16.7. The number of para-hydroxylation sites is 2. The van der Waals surface area contributed by atoms with Crippen molar-refractivity contribution in [2.24, 2.45) is 0 Å². The summed E-state index contributed by atoms with van der Waals surface area (Å²) in [6.07, 6.45) is 0. The number of nitrogens with one attached hydrogen (secondary N) is 1. The highest BCUT2D eigenvalue weighted by Crippen LogP contribution is 2.29. The van der Waals surface area contributed by atoms with E-state index in [0.717, 1.165) is 41.2 Å². The Morgan fingerprint density at radius 3 is 2.74 bits per heavy atom. The van der Waals surface area contributed by atoms with Crippen LogP contribution in [0.5, 0.6) is 11.5 Å². The lowest BCUT2D eigenvalue weighted by Crippen LogP contribution is -2.49. The fraction of sp³-hybridized carbons (Fsp3) is 0.333. The van der Waals surface area contributed by atoms with Gasteiger partial charge in [0.15, 0.2) is 5.65 Å². The van der Waals surface area contributed by atoms with Crippen LogP contribution in [0.1, 0.15) is 6.92 Å². The molecular formula is C24H26N6O3S. The molecule has 10 heteroatoms. The lowest BCUT2D eigenvalue weighted by atomic mass is 10.2. The minimum atomic E-state index is 0.0753. The number of nitrogens with zero attached hydrogens (tertiary/aromatic N) is 5. The molecule has 0 bridgehead atoms. The SMILES string of the molecule is CCOc1ccc2[nH]c3nc(SCC(=O)N4CCN(c5ccccc5OC)CC4)nnc3c2c1. The van der Waals surface area contributed by atoms with Crippen molar-refractivity contribution in [1.29, 1.82) is 0 Å². The molecule has 2 aromatic heterocycles. The maximum Gasteiger partial charge on any atom is 0.233 e. The Morgan fingerprint density at radius 2 is 1.94 bits per heavy atom. The Balaban J connectivity index is 1.20. The number of aromatic nitrogens is 4. The number of amides is 1. The molecule has 34 heavy (non-hydrogen) atoms. The molecule has 1 aliphatic heterocycles. The summed E-state index contributed by atoms with van der Waals surface area (Å²) in [4.78, 5) is 24.8. The fourth-order valence-electron chi connectivity index (χ4n) is 4.16. The number of ether oxygens (including phenoxy) is 2. The standard InChI is InChI=1S/C24H26N6O3S/c1-3-33-16-8-9-18-17(14-16)22-23(25-18)26-24(28-27-22)34-15-21(31)30-12-10-29(11-13-30)19-6-4-5-7-20(19)32-2/h4-9,14H,3,10-13,15H2,1-2H3,(H,25,26,28). The van der Waals surface area contributed by atoms with E-state index >= 15 is 0 Å². The van der Waals surface area contributed by atoms with Crippen molar-refractivity contribution in [3.05, 3.63) is 42.5 Å². The van der Waals surface area contributed by atoms with Gasteiger partial charge in [-0.05, 0) is 37.3 Å². The minimum absolute atomic E-state index is 0.0753. The van der Waals surface area contributed by atoms with Gasteiger partial charge in [0.2, 0.25) is 11.1 Å². The summed E-state index contributed by atoms with van der Waals surface area (Å²) in [6.45, 7) is 5.41. The summed E-state index contributed by atoms with van der Waals surface area (Å²) in [5.74, 6) is 1.99. The van der Waals surface area contributed by atoms with Crippen LogP contribution in [-0.4, -0.2) is 76.6 Å². The second kappa shape index (κ2) is 9.76. The second-order valence-corrected chi connectivity index (χ2v) is 8.83. The minimum Gasteiger partial charge on any atom is -0.495 e. The lowest BCUT2D eigenvalue weighted by Gasteiger charge is -2.36. The van der Waals surface area contributed by atoms with Crippen LogP contribution < -0.4 is 14.4 Å². The molecule has 3 heterocycles. The van der Waals surface area contributed by atoms with E-state index in [1.54, 1.807) is 7.11 Å². The third-order valence-electron chi connectivity index (χ3n) is 5.86. The molecule has 0 radical (unpaired) electrons. The van der Waals surface area contributed by atoms with E-state index in [4.69, 9.17) is 9.47 Å². The molecule has 1 fully saturated rings. The Bertz CT molecular complexity index is 1320. The Labute approximate surface area is 201 Å². The number of rotatable bonds is 7. The van der Waals surface area contributed by atoms with E-state index in [9.17, 15) is 4.79 Å². The summed E-state index contributed by atoms with van der Waals surface area (Å²) in [5, 5.41) is 9.99. The van der Waals surface area contributed by atoms with E-state index in [-0.39, 0.29) is 11.7 Å². The van der Waals surface area contributed by atoms with Crippen molar-refractivity contribution in [3.63, 3.8) is 0 Å².